The molecule has 3 N–H and O–H groups in total. The van der Waals surface area contributed by atoms with Gasteiger partial charge in [-0.2, -0.15) is 8.78 Å². The van der Waals surface area contributed by atoms with Crippen molar-refractivity contribution in [1.29, 1.82) is 0 Å². The fraction of sp³-hybridized carbons (Fsp3) is 0.588. The predicted molar refractivity (Wildman–Crippen MR) is 105 cm³/mol. The molecule has 0 atom stereocenters. The van der Waals surface area contributed by atoms with Gasteiger partial charge >= 0.3 is 6.61 Å². The largest absolute Gasteiger partial charge is 0.490 e. The zero-order valence-electron chi connectivity index (χ0n) is 14.3. The normalized spacial score (nSPS) is 15.6. The van der Waals surface area contributed by atoms with Crippen molar-refractivity contribution in [2.75, 3.05) is 6.61 Å². The number of nitrogens with zero attached hydrogens (tertiary/aromatic N) is 1. The number of hydrogen-bond donors (Lipinski definition) is 2. The molecule has 2 rings (SSSR count). The highest BCUT2D eigenvalue weighted by Crippen LogP contribution is 2.30. The summed E-state index contributed by atoms with van der Waals surface area (Å²) in [4.78, 5) is 4.32. The Labute approximate surface area is 164 Å². The Morgan fingerprint density at radius 3 is 2.64 bits per heavy atom. The number of alkyl halides is 2. The molecule has 0 bridgehead atoms. The van der Waals surface area contributed by atoms with Gasteiger partial charge in [0.15, 0.2) is 17.5 Å². The number of guanidine groups is 1. The lowest BCUT2D eigenvalue weighted by Gasteiger charge is -2.23. The number of rotatable bonds is 7. The van der Waals surface area contributed by atoms with Crippen LogP contribution in [-0.4, -0.2) is 25.2 Å². The molecule has 0 saturated heterocycles. The average Bonchev–Trinajstić information content (AvgIpc) is 2.56. The van der Waals surface area contributed by atoms with Crippen LogP contribution in [0.5, 0.6) is 11.5 Å². The molecule has 0 amide bonds. The molecule has 1 saturated carbocycles. The van der Waals surface area contributed by atoms with Gasteiger partial charge in [0, 0.05) is 6.04 Å². The second kappa shape index (κ2) is 11.3. The van der Waals surface area contributed by atoms with Gasteiger partial charge in [-0.15, -0.1) is 24.0 Å². The highest BCUT2D eigenvalue weighted by molar-refractivity contribution is 14.0. The van der Waals surface area contributed by atoms with E-state index in [9.17, 15) is 8.78 Å². The van der Waals surface area contributed by atoms with Crippen LogP contribution in [0.4, 0.5) is 8.78 Å². The van der Waals surface area contributed by atoms with E-state index in [4.69, 9.17) is 10.5 Å². The molecular formula is C17H26F2IN3O2. The van der Waals surface area contributed by atoms with Crippen molar-refractivity contribution < 1.29 is 18.3 Å². The molecule has 1 fully saturated rings. The quantitative estimate of drug-likeness (QED) is 0.360. The number of ether oxygens (including phenoxy) is 2. The fourth-order valence-electron chi connectivity index (χ4n) is 2.79. The van der Waals surface area contributed by atoms with Crippen LogP contribution in [0.1, 0.15) is 44.6 Å². The maximum Gasteiger partial charge on any atom is 0.387 e. The average molecular weight is 469 g/mol. The van der Waals surface area contributed by atoms with E-state index in [2.05, 4.69) is 15.0 Å². The summed E-state index contributed by atoms with van der Waals surface area (Å²) < 4.78 is 34.6. The number of benzene rings is 1. The SMILES string of the molecule is CCOc1cc(CN=C(N)NC2CCCCC2)ccc1OC(F)F.I. The third-order valence-electron chi connectivity index (χ3n) is 3.91. The predicted octanol–water partition coefficient (Wildman–Crippen LogP) is 4.04. The van der Waals surface area contributed by atoms with Gasteiger partial charge < -0.3 is 20.5 Å². The topological polar surface area (TPSA) is 68.9 Å². The number of aliphatic imine (C=N–C) groups is 1. The van der Waals surface area contributed by atoms with Crippen molar-refractivity contribution in [3.63, 3.8) is 0 Å². The van der Waals surface area contributed by atoms with Gasteiger partial charge in [0.25, 0.3) is 0 Å². The first kappa shape index (κ1) is 21.7. The molecule has 0 heterocycles. The fourth-order valence-corrected chi connectivity index (χ4v) is 2.79. The van der Waals surface area contributed by atoms with Crippen molar-refractivity contribution in [2.24, 2.45) is 10.7 Å². The molecule has 5 nitrogen and oxygen atoms in total. The Balaban J connectivity index is 0.00000312. The van der Waals surface area contributed by atoms with E-state index < -0.39 is 6.61 Å². The van der Waals surface area contributed by atoms with Crippen LogP contribution in [0.25, 0.3) is 0 Å². The van der Waals surface area contributed by atoms with Crippen LogP contribution in [-0.2, 0) is 6.54 Å². The molecule has 0 spiro atoms. The van der Waals surface area contributed by atoms with Crippen molar-refractivity contribution in [2.45, 2.75) is 58.2 Å². The van der Waals surface area contributed by atoms with Gasteiger partial charge in [-0.3, -0.25) is 0 Å². The number of nitrogens with two attached hydrogens (primary N) is 1. The van der Waals surface area contributed by atoms with Crippen LogP contribution in [0.15, 0.2) is 23.2 Å². The Morgan fingerprint density at radius 1 is 1.28 bits per heavy atom. The van der Waals surface area contributed by atoms with E-state index in [-0.39, 0.29) is 35.5 Å². The van der Waals surface area contributed by atoms with E-state index in [0.717, 1.165) is 18.4 Å². The number of nitrogens with one attached hydrogen (secondary N) is 1. The Bertz CT molecular complexity index is 553. The summed E-state index contributed by atoms with van der Waals surface area (Å²) in [7, 11) is 0. The van der Waals surface area contributed by atoms with Crippen LogP contribution < -0.4 is 20.5 Å². The zero-order chi connectivity index (χ0) is 17.4. The maximum absolute atomic E-state index is 12.4. The zero-order valence-corrected chi connectivity index (χ0v) is 16.7. The van der Waals surface area contributed by atoms with Crippen LogP contribution in [0, 0.1) is 0 Å². The molecule has 8 heteroatoms. The maximum atomic E-state index is 12.4. The lowest BCUT2D eigenvalue weighted by molar-refractivity contribution is -0.0514. The third kappa shape index (κ3) is 7.62. The molecule has 25 heavy (non-hydrogen) atoms. The van der Waals surface area contributed by atoms with Crippen molar-refractivity contribution in [3.05, 3.63) is 23.8 Å². The molecule has 142 valence electrons. The monoisotopic (exact) mass is 469 g/mol. The minimum Gasteiger partial charge on any atom is -0.490 e. The summed E-state index contributed by atoms with van der Waals surface area (Å²) in [6.07, 6.45) is 5.94. The molecule has 1 aliphatic rings. The minimum atomic E-state index is -2.89. The molecule has 1 aromatic rings. The molecule has 1 aromatic carbocycles. The molecule has 0 aliphatic heterocycles. The van der Waals surface area contributed by atoms with Gasteiger partial charge in [0.1, 0.15) is 0 Å². The second-order valence-electron chi connectivity index (χ2n) is 5.77. The third-order valence-corrected chi connectivity index (χ3v) is 3.91. The lowest BCUT2D eigenvalue weighted by Crippen LogP contribution is -2.41. The van der Waals surface area contributed by atoms with Gasteiger partial charge in [-0.1, -0.05) is 25.3 Å². The van der Waals surface area contributed by atoms with Crippen molar-refractivity contribution in [1.82, 2.24) is 5.32 Å². The summed E-state index contributed by atoms with van der Waals surface area (Å²) in [5.74, 6) is 0.713. The first-order valence-electron chi connectivity index (χ1n) is 8.35. The van der Waals surface area contributed by atoms with Crippen LogP contribution in [0.2, 0.25) is 0 Å². The molecule has 1 aliphatic carbocycles. The summed E-state index contributed by atoms with van der Waals surface area (Å²) in [6, 6.07) is 5.19. The summed E-state index contributed by atoms with van der Waals surface area (Å²) in [5, 5.41) is 3.24. The molecule has 0 aromatic heterocycles. The number of halogens is 3. The van der Waals surface area contributed by atoms with Gasteiger partial charge in [0.05, 0.1) is 13.2 Å². The van der Waals surface area contributed by atoms with E-state index in [1.165, 1.54) is 25.3 Å². The van der Waals surface area contributed by atoms with Gasteiger partial charge in [-0.05, 0) is 37.5 Å². The van der Waals surface area contributed by atoms with E-state index in [0.29, 0.717) is 25.2 Å². The smallest absolute Gasteiger partial charge is 0.387 e. The van der Waals surface area contributed by atoms with Crippen LogP contribution >= 0.6 is 24.0 Å². The first-order valence-corrected chi connectivity index (χ1v) is 8.35. The summed E-state index contributed by atoms with van der Waals surface area (Å²) in [6.45, 7) is -0.398. The number of hydrogen-bond acceptors (Lipinski definition) is 3. The molecule has 0 unspecified atom stereocenters. The minimum absolute atomic E-state index is 0. The van der Waals surface area contributed by atoms with Crippen molar-refractivity contribution in [3.8, 4) is 11.5 Å². The first-order chi connectivity index (χ1) is 11.6. The molecular weight excluding hydrogens is 443 g/mol. The highest BCUT2D eigenvalue weighted by atomic mass is 127. The Hall–Kier alpha value is -1.32. The van der Waals surface area contributed by atoms with Gasteiger partial charge in [0.2, 0.25) is 0 Å². The lowest BCUT2D eigenvalue weighted by atomic mass is 9.96. The van der Waals surface area contributed by atoms with Gasteiger partial charge in [-0.25, -0.2) is 4.99 Å². The van der Waals surface area contributed by atoms with Crippen molar-refractivity contribution >= 4 is 29.9 Å². The molecule has 0 radical (unpaired) electrons. The highest BCUT2D eigenvalue weighted by Gasteiger charge is 2.14. The summed E-state index contributed by atoms with van der Waals surface area (Å²) >= 11 is 0. The van der Waals surface area contributed by atoms with Crippen LogP contribution in [0.3, 0.4) is 0 Å². The van der Waals surface area contributed by atoms with E-state index in [1.54, 1.807) is 19.1 Å². The Kier molecular flexibility index (Phi) is 9.84. The van der Waals surface area contributed by atoms with E-state index >= 15 is 0 Å². The Morgan fingerprint density at radius 2 is 2.00 bits per heavy atom. The summed E-state index contributed by atoms with van der Waals surface area (Å²) in [5.41, 5.74) is 6.74. The standard InChI is InChI=1S/C17H25F2N3O2.HI/c1-2-23-15-10-12(8-9-14(15)24-16(18)19)11-21-17(20)22-13-6-4-3-5-7-13;/h8-10,13,16H,2-7,11H2,1H3,(H3,20,21,22);1H. The van der Waals surface area contributed by atoms with E-state index in [1.807, 2.05) is 0 Å². The second-order valence-corrected chi connectivity index (χ2v) is 5.77.